The van der Waals surface area contributed by atoms with Crippen LogP contribution in [0.5, 0.6) is 0 Å². The molecule has 0 aromatic heterocycles. The van der Waals surface area contributed by atoms with Crippen LogP contribution >= 0.6 is 0 Å². The number of rotatable bonds is 6. The van der Waals surface area contributed by atoms with Crippen LogP contribution in [0.15, 0.2) is 24.3 Å². The van der Waals surface area contributed by atoms with E-state index < -0.39 is 6.10 Å². The number of carbonyl (C=O) groups is 1. The minimum absolute atomic E-state index is 0.00896. The van der Waals surface area contributed by atoms with E-state index in [1.165, 1.54) is 12.1 Å². The van der Waals surface area contributed by atoms with Gasteiger partial charge in [0.1, 0.15) is 5.82 Å². The van der Waals surface area contributed by atoms with Crippen molar-refractivity contribution in [3.05, 3.63) is 35.6 Å². The quantitative estimate of drug-likeness (QED) is 0.774. The minimum Gasteiger partial charge on any atom is -0.466 e. The van der Waals surface area contributed by atoms with Crippen LogP contribution in [0.3, 0.4) is 0 Å². The number of benzene rings is 1. The van der Waals surface area contributed by atoms with Gasteiger partial charge in [-0.15, -0.1) is 0 Å². The molecule has 17 heavy (non-hydrogen) atoms. The van der Waals surface area contributed by atoms with E-state index >= 15 is 0 Å². The smallest absolute Gasteiger partial charge is 0.308 e. The van der Waals surface area contributed by atoms with Gasteiger partial charge in [-0.05, 0) is 37.5 Å². The molecule has 1 rings (SSSR count). The molecule has 1 aromatic rings. The summed E-state index contributed by atoms with van der Waals surface area (Å²) < 4.78 is 17.4. The zero-order valence-corrected chi connectivity index (χ0v) is 9.86. The molecule has 0 heterocycles. The fourth-order valence-electron chi connectivity index (χ4n) is 1.50. The second-order valence-electron chi connectivity index (χ2n) is 3.83. The Bertz CT molecular complexity index is 348. The van der Waals surface area contributed by atoms with E-state index in [2.05, 4.69) is 0 Å². The fraction of sp³-hybridized carbons (Fsp3) is 0.462. The van der Waals surface area contributed by atoms with Gasteiger partial charge in [0.15, 0.2) is 0 Å². The Morgan fingerprint density at radius 2 is 2.06 bits per heavy atom. The highest BCUT2D eigenvalue weighted by atomic mass is 19.1. The van der Waals surface area contributed by atoms with E-state index in [9.17, 15) is 14.3 Å². The summed E-state index contributed by atoms with van der Waals surface area (Å²) in [6.45, 7) is 2.05. The molecule has 94 valence electrons. The Kier molecular flexibility index (Phi) is 5.63. The molecule has 0 bridgehead atoms. The lowest BCUT2D eigenvalue weighted by Crippen LogP contribution is -2.16. The molecule has 1 aromatic carbocycles. The molecule has 3 nitrogen and oxygen atoms in total. The summed E-state index contributed by atoms with van der Waals surface area (Å²) >= 11 is 0. The van der Waals surface area contributed by atoms with E-state index in [0.29, 0.717) is 19.4 Å². The van der Waals surface area contributed by atoms with Crippen molar-refractivity contribution in [2.24, 2.45) is 0 Å². The summed E-state index contributed by atoms with van der Waals surface area (Å²) in [5.74, 6) is -0.667. The summed E-state index contributed by atoms with van der Waals surface area (Å²) in [5.41, 5.74) is 0.939. The summed E-state index contributed by atoms with van der Waals surface area (Å²) in [6, 6.07) is 6.11. The third kappa shape index (κ3) is 5.45. The first-order valence-corrected chi connectivity index (χ1v) is 5.70. The summed E-state index contributed by atoms with van der Waals surface area (Å²) in [4.78, 5) is 11.1. The van der Waals surface area contributed by atoms with Crippen molar-refractivity contribution in [3.63, 3.8) is 0 Å². The van der Waals surface area contributed by atoms with Crippen LogP contribution in [0.4, 0.5) is 4.39 Å². The highest BCUT2D eigenvalue weighted by Gasteiger charge is 2.11. The van der Waals surface area contributed by atoms with Crippen molar-refractivity contribution in [2.75, 3.05) is 6.61 Å². The van der Waals surface area contributed by atoms with E-state index in [0.717, 1.165) is 5.56 Å². The van der Waals surface area contributed by atoms with Crippen LogP contribution < -0.4 is 0 Å². The fourth-order valence-corrected chi connectivity index (χ4v) is 1.50. The average Bonchev–Trinajstić information content (AvgIpc) is 2.28. The molecule has 0 aliphatic carbocycles. The number of aliphatic hydroxyl groups excluding tert-OH is 1. The van der Waals surface area contributed by atoms with Gasteiger partial charge in [-0.25, -0.2) is 4.39 Å². The first kappa shape index (κ1) is 13.6. The van der Waals surface area contributed by atoms with Crippen LogP contribution in [0.2, 0.25) is 0 Å². The highest BCUT2D eigenvalue weighted by molar-refractivity contribution is 5.69. The molecule has 0 fully saturated rings. The molecule has 0 amide bonds. The van der Waals surface area contributed by atoms with Crippen molar-refractivity contribution in [2.45, 2.75) is 32.3 Å². The van der Waals surface area contributed by atoms with Crippen molar-refractivity contribution in [1.29, 1.82) is 0 Å². The van der Waals surface area contributed by atoms with E-state index in [1.54, 1.807) is 19.1 Å². The maximum absolute atomic E-state index is 12.6. The molecular formula is C13H17FO3. The van der Waals surface area contributed by atoms with E-state index in [4.69, 9.17) is 4.74 Å². The standard InChI is InChI=1S/C13H17FO3/c1-2-17-13(16)9-12(15)8-5-10-3-6-11(14)7-4-10/h3-4,6-7,12,15H,2,5,8-9H2,1H3. The number of hydrogen-bond acceptors (Lipinski definition) is 3. The first-order valence-electron chi connectivity index (χ1n) is 5.70. The largest absolute Gasteiger partial charge is 0.466 e. The van der Waals surface area contributed by atoms with Crippen molar-refractivity contribution in [1.82, 2.24) is 0 Å². The predicted octanol–water partition coefficient (Wildman–Crippen LogP) is 2.07. The van der Waals surface area contributed by atoms with Gasteiger partial charge in [-0.1, -0.05) is 12.1 Å². The Balaban J connectivity index is 2.30. The summed E-state index contributed by atoms with van der Waals surface area (Å²) in [7, 11) is 0. The van der Waals surface area contributed by atoms with Crippen molar-refractivity contribution >= 4 is 5.97 Å². The number of esters is 1. The molecule has 0 saturated heterocycles. The summed E-state index contributed by atoms with van der Waals surface area (Å²) in [6.07, 6.45) is 0.374. The minimum atomic E-state index is -0.709. The number of halogens is 1. The molecule has 0 saturated carbocycles. The van der Waals surface area contributed by atoms with Crippen molar-refractivity contribution in [3.8, 4) is 0 Å². The number of ether oxygens (including phenoxy) is 1. The Morgan fingerprint density at radius 3 is 2.65 bits per heavy atom. The molecule has 1 unspecified atom stereocenters. The topological polar surface area (TPSA) is 46.5 Å². The highest BCUT2D eigenvalue weighted by Crippen LogP contribution is 2.09. The normalized spacial score (nSPS) is 12.2. The Morgan fingerprint density at radius 1 is 1.41 bits per heavy atom. The maximum Gasteiger partial charge on any atom is 0.308 e. The molecule has 1 atom stereocenters. The zero-order valence-electron chi connectivity index (χ0n) is 9.86. The van der Waals surface area contributed by atoms with E-state index in [1.807, 2.05) is 0 Å². The van der Waals surface area contributed by atoms with Crippen LogP contribution in [0.25, 0.3) is 0 Å². The van der Waals surface area contributed by atoms with Gasteiger partial charge in [0.2, 0.25) is 0 Å². The zero-order chi connectivity index (χ0) is 12.7. The van der Waals surface area contributed by atoms with Crippen LogP contribution in [0, 0.1) is 5.82 Å². The number of carbonyl (C=O) groups excluding carboxylic acids is 1. The van der Waals surface area contributed by atoms with Gasteiger partial charge in [0.05, 0.1) is 19.1 Å². The van der Waals surface area contributed by atoms with Crippen LogP contribution in [-0.4, -0.2) is 23.8 Å². The lowest BCUT2D eigenvalue weighted by Gasteiger charge is -2.09. The van der Waals surface area contributed by atoms with Gasteiger partial charge < -0.3 is 9.84 Å². The van der Waals surface area contributed by atoms with Crippen molar-refractivity contribution < 1.29 is 19.0 Å². The SMILES string of the molecule is CCOC(=O)CC(O)CCc1ccc(F)cc1. The molecule has 0 aliphatic heterocycles. The van der Waals surface area contributed by atoms with E-state index in [-0.39, 0.29) is 18.2 Å². The third-order valence-electron chi connectivity index (χ3n) is 2.39. The number of hydrogen-bond donors (Lipinski definition) is 1. The lowest BCUT2D eigenvalue weighted by atomic mass is 10.1. The van der Waals surface area contributed by atoms with Gasteiger partial charge in [0, 0.05) is 0 Å². The average molecular weight is 240 g/mol. The second kappa shape index (κ2) is 7.01. The van der Waals surface area contributed by atoms with Gasteiger partial charge in [0.25, 0.3) is 0 Å². The monoisotopic (exact) mass is 240 g/mol. The van der Waals surface area contributed by atoms with Gasteiger partial charge >= 0.3 is 5.97 Å². The lowest BCUT2D eigenvalue weighted by molar-refractivity contribution is -0.145. The second-order valence-corrected chi connectivity index (χ2v) is 3.83. The van der Waals surface area contributed by atoms with Gasteiger partial charge in [-0.3, -0.25) is 4.79 Å². The number of aliphatic hydroxyl groups is 1. The predicted molar refractivity (Wildman–Crippen MR) is 62.0 cm³/mol. The first-order chi connectivity index (χ1) is 8.11. The summed E-state index contributed by atoms with van der Waals surface area (Å²) in [5, 5.41) is 9.59. The number of aryl methyl sites for hydroxylation is 1. The molecule has 4 heteroatoms. The van der Waals surface area contributed by atoms with Crippen LogP contribution in [0.1, 0.15) is 25.3 Å². The Hall–Kier alpha value is -1.42. The third-order valence-corrected chi connectivity index (χ3v) is 2.39. The van der Waals surface area contributed by atoms with Gasteiger partial charge in [-0.2, -0.15) is 0 Å². The molecule has 1 N–H and O–H groups in total. The maximum atomic E-state index is 12.6. The Labute approximate surface area is 100 Å². The molecule has 0 aliphatic rings. The molecular weight excluding hydrogens is 223 g/mol. The molecule has 0 radical (unpaired) electrons. The molecule has 0 spiro atoms. The van der Waals surface area contributed by atoms with Crippen LogP contribution in [-0.2, 0) is 16.0 Å².